The van der Waals surface area contributed by atoms with E-state index >= 15 is 0 Å². The van der Waals surface area contributed by atoms with Crippen molar-refractivity contribution in [3.63, 3.8) is 0 Å². The standard InChI is InChI=1S/C12H16BrNO/c1-9(8-13)10-3-4-12-11(7-10)14(2)5-6-15-12/h3-4,7,9H,5-6,8H2,1-2H3. The average Bonchev–Trinajstić information content (AvgIpc) is 2.28. The van der Waals surface area contributed by atoms with Gasteiger partial charge in [-0.1, -0.05) is 28.9 Å². The number of hydrogen-bond donors (Lipinski definition) is 0. The van der Waals surface area contributed by atoms with Crippen LogP contribution < -0.4 is 9.64 Å². The second kappa shape index (κ2) is 4.44. The normalized spacial score (nSPS) is 16.9. The quantitative estimate of drug-likeness (QED) is 0.766. The highest BCUT2D eigenvalue weighted by molar-refractivity contribution is 9.09. The van der Waals surface area contributed by atoms with Crippen molar-refractivity contribution < 1.29 is 4.74 Å². The van der Waals surface area contributed by atoms with E-state index in [1.54, 1.807) is 0 Å². The van der Waals surface area contributed by atoms with Crippen LogP contribution in [0.4, 0.5) is 5.69 Å². The Morgan fingerprint density at radius 3 is 3.07 bits per heavy atom. The van der Waals surface area contributed by atoms with Gasteiger partial charge in [0.05, 0.1) is 12.2 Å². The zero-order valence-corrected chi connectivity index (χ0v) is 10.8. The second-order valence-electron chi connectivity index (χ2n) is 4.05. The van der Waals surface area contributed by atoms with Crippen LogP contribution in [-0.2, 0) is 0 Å². The van der Waals surface area contributed by atoms with E-state index in [2.05, 4.69) is 53.0 Å². The van der Waals surface area contributed by atoms with Gasteiger partial charge in [-0.25, -0.2) is 0 Å². The number of fused-ring (bicyclic) bond motifs is 1. The first kappa shape index (κ1) is 10.8. The number of ether oxygens (including phenoxy) is 1. The lowest BCUT2D eigenvalue weighted by atomic mass is 10.0. The molecule has 15 heavy (non-hydrogen) atoms. The lowest BCUT2D eigenvalue weighted by molar-refractivity contribution is 0.311. The van der Waals surface area contributed by atoms with E-state index in [0.717, 1.165) is 24.2 Å². The molecule has 0 saturated carbocycles. The van der Waals surface area contributed by atoms with Crippen LogP contribution in [-0.4, -0.2) is 25.5 Å². The van der Waals surface area contributed by atoms with Gasteiger partial charge in [0, 0.05) is 12.4 Å². The van der Waals surface area contributed by atoms with Crippen LogP contribution >= 0.6 is 15.9 Å². The molecule has 0 N–H and O–H groups in total. The van der Waals surface area contributed by atoms with Gasteiger partial charge >= 0.3 is 0 Å². The van der Waals surface area contributed by atoms with Crippen molar-refractivity contribution in [3.8, 4) is 5.75 Å². The third-order valence-electron chi connectivity index (χ3n) is 2.88. The molecule has 3 heteroatoms. The van der Waals surface area contributed by atoms with Gasteiger partial charge < -0.3 is 9.64 Å². The molecular formula is C12H16BrNO. The summed E-state index contributed by atoms with van der Waals surface area (Å²) in [7, 11) is 2.12. The second-order valence-corrected chi connectivity index (χ2v) is 4.70. The summed E-state index contributed by atoms with van der Waals surface area (Å²) in [6, 6.07) is 6.48. The van der Waals surface area contributed by atoms with Gasteiger partial charge in [-0.15, -0.1) is 0 Å². The van der Waals surface area contributed by atoms with Gasteiger partial charge in [0.15, 0.2) is 0 Å². The summed E-state index contributed by atoms with van der Waals surface area (Å²) in [4.78, 5) is 2.25. The fourth-order valence-corrected chi connectivity index (χ4v) is 2.14. The molecule has 0 radical (unpaired) electrons. The van der Waals surface area contributed by atoms with E-state index in [-0.39, 0.29) is 0 Å². The van der Waals surface area contributed by atoms with Gasteiger partial charge in [0.1, 0.15) is 12.4 Å². The van der Waals surface area contributed by atoms with Crippen LogP contribution in [0.2, 0.25) is 0 Å². The van der Waals surface area contributed by atoms with Crippen molar-refractivity contribution in [1.29, 1.82) is 0 Å². The van der Waals surface area contributed by atoms with Crippen LogP contribution in [0.25, 0.3) is 0 Å². The molecule has 1 aliphatic rings. The Morgan fingerprint density at radius 1 is 1.53 bits per heavy atom. The number of halogens is 1. The molecule has 1 unspecified atom stereocenters. The van der Waals surface area contributed by atoms with Crippen LogP contribution in [0.15, 0.2) is 18.2 Å². The Morgan fingerprint density at radius 2 is 2.33 bits per heavy atom. The summed E-state index contributed by atoms with van der Waals surface area (Å²) in [5, 5.41) is 0.996. The third-order valence-corrected chi connectivity index (χ3v) is 3.85. The molecule has 0 fully saturated rings. The Bertz CT molecular complexity index is 353. The largest absolute Gasteiger partial charge is 0.490 e. The SMILES string of the molecule is CC(CBr)c1ccc2c(c1)N(C)CCO2. The predicted octanol–water partition coefficient (Wildman–Crippen LogP) is 3.01. The Balaban J connectivity index is 2.35. The number of anilines is 1. The lowest BCUT2D eigenvalue weighted by Gasteiger charge is -2.28. The molecule has 0 aromatic heterocycles. The smallest absolute Gasteiger partial charge is 0.142 e. The number of nitrogens with zero attached hydrogens (tertiary/aromatic N) is 1. The van der Waals surface area contributed by atoms with Crippen LogP contribution in [0.1, 0.15) is 18.4 Å². The maximum Gasteiger partial charge on any atom is 0.142 e. The molecule has 0 saturated heterocycles. The van der Waals surface area contributed by atoms with E-state index in [1.807, 2.05) is 0 Å². The van der Waals surface area contributed by atoms with Crippen molar-refractivity contribution in [1.82, 2.24) is 0 Å². The lowest BCUT2D eigenvalue weighted by Crippen LogP contribution is -2.28. The molecule has 1 heterocycles. The minimum atomic E-state index is 0.547. The number of likely N-dealkylation sites (N-methyl/N-ethyl adjacent to an activating group) is 1. The summed E-state index contributed by atoms with van der Waals surface area (Å²) in [5.41, 5.74) is 2.58. The maximum atomic E-state index is 5.61. The monoisotopic (exact) mass is 269 g/mol. The van der Waals surface area contributed by atoms with Gasteiger partial charge in [-0.2, -0.15) is 0 Å². The van der Waals surface area contributed by atoms with E-state index < -0.39 is 0 Å². The highest BCUT2D eigenvalue weighted by Gasteiger charge is 2.16. The van der Waals surface area contributed by atoms with E-state index in [0.29, 0.717) is 5.92 Å². The third kappa shape index (κ3) is 2.12. The van der Waals surface area contributed by atoms with Crippen molar-refractivity contribution in [2.45, 2.75) is 12.8 Å². The summed E-state index contributed by atoms with van der Waals surface area (Å²) >= 11 is 3.52. The molecule has 1 atom stereocenters. The highest BCUT2D eigenvalue weighted by atomic mass is 79.9. The number of alkyl halides is 1. The summed E-state index contributed by atoms with van der Waals surface area (Å²) in [5.74, 6) is 1.56. The highest BCUT2D eigenvalue weighted by Crippen LogP contribution is 2.33. The number of benzene rings is 1. The van der Waals surface area contributed by atoms with Gasteiger partial charge in [0.25, 0.3) is 0 Å². The van der Waals surface area contributed by atoms with Crippen molar-refractivity contribution in [2.75, 3.05) is 30.4 Å². The Hall–Kier alpha value is -0.700. The molecule has 1 aromatic carbocycles. The van der Waals surface area contributed by atoms with E-state index in [4.69, 9.17) is 4.74 Å². The Kier molecular flexibility index (Phi) is 3.19. The zero-order valence-electron chi connectivity index (χ0n) is 9.16. The first-order valence-electron chi connectivity index (χ1n) is 5.26. The zero-order chi connectivity index (χ0) is 10.8. The summed E-state index contributed by atoms with van der Waals surface area (Å²) in [6.07, 6.45) is 0. The first-order chi connectivity index (χ1) is 7.22. The summed E-state index contributed by atoms with van der Waals surface area (Å²) in [6.45, 7) is 3.98. The Labute approximate surface area is 99.4 Å². The molecule has 82 valence electrons. The topological polar surface area (TPSA) is 12.5 Å². The molecule has 1 aliphatic heterocycles. The molecule has 0 spiro atoms. The fourth-order valence-electron chi connectivity index (χ4n) is 1.76. The predicted molar refractivity (Wildman–Crippen MR) is 67.4 cm³/mol. The van der Waals surface area contributed by atoms with E-state index in [9.17, 15) is 0 Å². The van der Waals surface area contributed by atoms with Crippen molar-refractivity contribution in [2.24, 2.45) is 0 Å². The molecule has 0 amide bonds. The fraction of sp³-hybridized carbons (Fsp3) is 0.500. The molecule has 2 nitrogen and oxygen atoms in total. The van der Waals surface area contributed by atoms with Crippen molar-refractivity contribution >= 4 is 21.6 Å². The molecule has 0 aliphatic carbocycles. The van der Waals surface area contributed by atoms with E-state index in [1.165, 1.54) is 11.3 Å². The van der Waals surface area contributed by atoms with Gasteiger partial charge in [-0.3, -0.25) is 0 Å². The van der Waals surface area contributed by atoms with Gasteiger partial charge in [-0.05, 0) is 23.6 Å². The van der Waals surface area contributed by atoms with Crippen molar-refractivity contribution in [3.05, 3.63) is 23.8 Å². The molecular weight excluding hydrogens is 254 g/mol. The minimum Gasteiger partial charge on any atom is -0.490 e. The molecule has 0 bridgehead atoms. The first-order valence-corrected chi connectivity index (χ1v) is 6.38. The summed E-state index contributed by atoms with van der Waals surface area (Å²) < 4.78 is 5.61. The number of hydrogen-bond acceptors (Lipinski definition) is 2. The number of rotatable bonds is 2. The van der Waals surface area contributed by atoms with Gasteiger partial charge in [0.2, 0.25) is 0 Å². The average molecular weight is 270 g/mol. The maximum absolute atomic E-state index is 5.61. The van der Waals surface area contributed by atoms with Crippen LogP contribution in [0, 0.1) is 0 Å². The van der Waals surface area contributed by atoms with Crippen LogP contribution in [0.5, 0.6) is 5.75 Å². The van der Waals surface area contributed by atoms with Crippen LogP contribution in [0.3, 0.4) is 0 Å². The molecule has 1 aromatic rings. The molecule has 2 rings (SSSR count). The minimum absolute atomic E-state index is 0.547.